The lowest BCUT2D eigenvalue weighted by molar-refractivity contribution is 0.107. The summed E-state index contributed by atoms with van der Waals surface area (Å²) in [5.41, 5.74) is -1.84. The van der Waals surface area contributed by atoms with Gasteiger partial charge < -0.3 is 20.1 Å². The van der Waals surface area contributed by atoms with E-state index in [9.17, 15) is 22.3 Å². The van der Waals surface area contributed by atoms with Crippen molar-refractivity contribution in [3.05, 3.63) is 46.9 Å². The minimum absolute atomic E-state index is 0.0242. The maximum Gasteiger partial charge on any atom is 0.319 e. The Morgan fingerprint density at radius 3 is 2.68 bits per heavy atom. The highest BCUT2D eigenvalue weighted by atomic mass is 32.2. The number of fused-ring (bicyclic) bond motifs is 5. The number of ether oxygens (including phenoxy) is 1. The lowest BCUT2D eigenvalue weighted by atomic mass is 9.95. The molecule has 0 spiro atoms. The van der Waals surface area contributed by atoms with E-state index < -0.39 is 49.7 Å². The average molecular weight is 667 g/mol. The van der Waals surface area contributed by atoms with Crippen molar-refractivity contribution in [1.82, 2.24) is 24.5 Å². The minimum Gasteiger partial charge on any atom is -0.508 e. The third-order valence-corrected chi connectivity index (χ3v) is 12.2. The number of nitrogens with one attached hydrogen (secondary N) is 1. The van der Waals surface area contributed by atoms with Crippen LogP contribution in [0.3, 0.4) is 0 Å². The molecule has 2 unspecified atom stereocenters. The van der Waals surface area contributed by atoms with Crippen LogP contribution in [0.15, 0.2) is 29.2 Å². The Kier molecular flexibility index (Phi) is 6.91. The summed E-state index contributed by atoms with van der Waals surface area (Å²) in [6.45, 7) is 2.01. The van der Waals surface area contributed by atoms with Crippen LogP contribution in [0.5, 0.6) is 11.8 Å². The molecule has 10 nitrogen and oxygen atoms in total. The first kappa shape index (κ1) is 30.3. The number of aromatic hydroxyl groups is 1. The van der Waals surface area contributed by atoms with Gasteiger partial charge in [-0.1, -0.05) is 12.0 Å². The Hall–Kier alpha value is -4.06. The van der Waals surface area contributed by atoms with Gasteiger partial charge in [0.1, 0.15) is 30.0 Å². The summed E-state index contributed by atoms with van der Waals surface area (Å²) in [5.74, 6) is 0.220. The third kappa shape index (κ3) is 4.65. The molecule has 0 saturated carbocycles. The summed E-state index contributed by atoms with van der Waals surface area (Å²) < 4.78 is 82.3. The SMILES string of the molecule is C#Cc1c(F)ccc2cc(O)cc(C3=C(F)c4nc(OC[C@@]56CCCN5C[C@H](F)C6)nc(N5CC6CCC(C5)N6)c4S(=O)(=O)N3C)c12. The van der Waals surface area contributed by atoms with Crippen LogP contribution in [0.1, 0.15) is 48.9 Å². The zero-order valence-electron chi connectivity index (χ0n) is 25.6. The van der Waals surface area contributed by atoms with Gasteiger partial charge >= 0.3 is 6.01 Å². The number of terminal acetylenes is 1. The largest absolute Gasteiger partial charge is 0.508 e. The molecule has 6 heterocycles. The van der Waals surface area contributed by atoms with E-state index in [-0.39, 0.29) is 58.2 Å². The van der Waals surface area contributed by atoms with Gasteiger partial charge in [0.25, 0.3) is 10.0 Å². The van der Waals surface area contributed by atoms with Gasteiger partial charge in [-0.3, -0.25) is 9.21 Å². The molecule has 14 heteroatoms. The Morgan fingerprint density at radius 2 is 1.94 bits per heavy atom. The smallest absolute Gasteiger partial charge is 0.319 e. The first-order valence-electron chi connectivity index (χ1n) is 15.8. The van der Waals surface area contributed by atoms with E-state index in [1.165, 1.54) is 19.2 Å². The van der Waals surface area contributed by atoms with Crippen molar-refractivity contribution in [1.29, 1.82) is 0 Å². The Bertz CT molecular complexity index is 2010. The molecule has 0 radical (unpaired) electrons. The number of anilines is 1. The Morgan fingerprint density at radius 1 is 1.17 bits per heavy atom. The number of rotatable bonds is 5. The quantitative estimate of drug-likeness (QED) is 0.393. The molecule has 4 saturated heterocycles. The molecule has 4 atom stereocenters. The number of phenols is 1. The third-order valence-electron chi connectivity index (χ3n) is 10.4. The topological polar surface area (TPSA) is 111 Å². The zero-order valence-corrected chi connectivity index (χ0v) is 26.5. The summed E-state index contributed by atoms with van der Waals surface area (Å²) in [7, 11) is -3.33. The number of halogens is 3. The molecule has 1 aromatic heterocycles. The molecule has 2 N–H and O–H groups in total. The van der Waals surface area contributed by atoms with E-state index in [1.54, 1.807) is 0 Å². The number of aromatic nitrogens is 2. The minimum atomic E-state index is -4.52. The zero-order chi connectivity index (χ0) is 32.8. The number of piperazine rings is 1. The van der Waals surface area contributed by atoms with E-state index in [2.05, 4.69) is 26.1 Å². The van der Waals surface area contributed by atoms with Crippen LogP contribution in [0.4, 0.5) is 19.0 Å². The molecule has 2 aromatic carbocycles. The van der Waals surface area contributed by atoms with E-state index in [0.717, 1.165) is 48.7 Å². The van der Waals surface area contributed by atoms with Gasteiger partial charge in [-0.15, -0.1) is 6.42 Å². The predicted octanol–water partition coefficient (Wildman–Crippen LogP) is 3.78. The number of benzene rings is 2. The average Bonchev–Trinajstić information content (AvgIpc) is 3.69. The van der Waals surface area contributed by atoms with Crippen LogP contribution < -0.4 is 15.0 Å². The molecule has 5 aliphatic heterocycles. The molecule has 5 aliphatic rings. The van der Waals surface area contributed by atoms with Gasteiger partial charge in [-0.25, -0.2) is 21.6 Å². The van der Waals surface area contributed by atoms with E-state index in [4.69, 9.17) is 11.2 Å². The van der Waals surface area contributed by atoms with Crippen molar-refractivity contribution < 1.29 is 31.4 Å². The van der Waals surface area contributed by atoms with Gasteiger partial charge in [0.2, 0.25) is 0 Å². The Labute approximate surface area is 270 Å². The van der Waals surface area contributed by atoms with Crippen LogP contribution in [-0.2, 0) is 10.0 Å². The summed E-state index contributed by atoms with van der Waals surface area (Å²) in [6.07, 6.45) is 8.39. The second-order valence-corrected chi connectivity index (χ2v) is 15.1. The van der Waals surface area contributed by atoms with Crippen LogP contribution in [0.2, 0.25) is 0 Å². The summed E-state index contributed by atoms with van der Waals surface area (Å²) in [6, 6.07) is 4.98. The van der Waals surface area contributed by atoms with Crippen LogP contribution >= 0.6 is 0 Å². The van der Waals surface area contributed by atoms with Crippen molar-refractivity contribution in [3.8, 4) is 24.1 Å². The standard InChI is InChI=1S/C33H33F3N6O4S/c1-3-23-25(35)8-5-18-11-22(43)12-24(26(18)23)29-27(36)28-30(47(44,45)40(29)2)31(41-15-20-6-7-21(16-41)37-20)39-32(38-28)46-17-33-9-4-10-42(33)14-19(34)13-33/h1,5,8,11-12,19-21,37,43H,4,6-7,9-10,13-17H2,2H3/t19-,20?,21?,33+/m1/s1. The lowest BCUT2D eigenvalue weighted by Crippen LogP contribution is -2.52. The second kappa shape index (κ2) is 10.7. The second-order valence-electron chi connectivity index (χ2n) is 13.2. The van der Waals surface area contributed by atoms with Crippen LogP contribution in [0, 0.1) is 18.2 Å². The Balaban J connectivity index is 1.33. The van der Waals surface area contributed by atoms with Gasteiger partial charge in [-0.05, 0) is 55.8 Å². The number of phenolic OH excluding ortho intramolecular Hbond substituents is 1. The molecule has 8 rings (SSSR count). The number of sulfonamides is 1. The normalized spacial score (nSPS) is 28.1. The predicted molar refractivity (Wildman–Crippen MR) is 169 cm³/mol. The maximum atomic E-state index is 17.1. The first-order chi connectivity index (χ1) is 22.5. The van der Waals surface area contributed by atoms with Crippen molar-refractivity contribution in [2.24, 2.45) is 0 Å². The fourth-order valence-corrected chi connectivity index (χ4v) is 9.73. The molecular weight excluding hydrogens is 633 g/mol. The van der Waals surface area contributed by atoms with Crippen molar-refractivity contribution >= 4 is 38.1 Å². The van der Waals surface area contributed by atoms with Gasteiger partial charge in [0, 0.05) is 56.1 Å². The number of hydrogen-bond acceptors (Lipinski definition) is 9. The van der Waals surface area contributed by atoms with E-state index in [0.29, 0.717) is 26.1 Å². The lowest BCUT2D eigenvalue weighted by Gasteiger charge is -2.37. The summed E-state index contributed by atoms with van der Waals surface area (Å²) >= 11 is 0. The van der Waals surface area contributed by atoms with E-state index in [1.807, 2.05) is 4.90 Å². The highest BCUT2D eigenvalue weighted by Crippen LogP contribution is 2.48. The van der Waals surface area contributed by atoms with Gasteiger partial charge in [0.05, 0.1) is 16.8 Å². The number of hydrogen-bond donors (Lipinski definition) is 2. The fraction of sp³-hybridized carbons (Fsp3) is 0.455. The van der Waals surface area contributed by atoms with Gasteiger partial charge in [-0.2, -0.15) is 9.97 Å². The van der Waals surface area contributed by atoms with Crippen molar-refractivity contribution in [3.63, 3.8) is 0 Å². The molecule has 3 aromatic rings. The van der Waals surface area contributed by atoms with Crippen molar-refractivity contribution in [2.75, 3.05) is 44.7 Å². The highest BCUT2D eigenvalue weighted by Gasteiger charge is 2.50. The van der Waals surface area contributed by atoms with Crippen LogP contribution in [0.25, 0.3) is 22.3 Å². The molecule has 4 fully saturated rings. The van der Waals surface area contributed by atoms with Gasteiger partial charge in [0.15, 0.2) is 16.5 Å². The number of nitrogens with zero attached hydrogens (tertiary/aromatic N) is 5. The summed E-state index contributed by atoms with van der Waals surface area (Å²) in [4.78, 5) is 12.5. The first-order valence-corrected chi connectivity index (χ1v) is 17.2. The maximum absolute atomic E-state index is 17.1. The molecule has 0 aliphatic carbocycles. The molecule has 246 valence electrons. The van der Waals surface area contributed by atoms with Crippen molar-refractivity contribution in [2.45, 2.75) is 60.8 Å². The monoisotopic (exact) mass is 666 g/mol. The molecule has 47 heavy (non-hydrogen) atoms. The van der Waals surface area contributed by atoms with E-state index >= 15 is 4.39 Å². The van der Waals surface area contributed by atoms with Crippen LogP contribution in [-0.4, -0.2) is 96.3 Å². The molecule has 2 bridgehead atoms. The molecule has 0 amide bonds. The highest BCUT2D eigenvalue weighted by molar-refractivity contribution is 7.89. The fourth-order valence-electron chi connectivity index (χ4n) is 8.25. The molecular formula is C33H33F3N6O4S. The summed E-state index contributed by atoms with van der Waals surface area (Å²) in [5, 5.41) is 14.5. The number of alkyl halides is 1.